The van der Waals surface area contributed by atoms with E-state index >= 15 is 0 Å². The molecule has 0 aromatic carbocycles. The third kappa shape index (κ3) is 88.4. The van der Waals surface area contributed by atoms with Gasteiger partial charge in [-0.2, -0.15) is 0 Å². The van der Waals surface area contributed by atoms with Gasteiger partial charge < -0.3 is 13.7 Å². The first-order chi connectivity index (χ1) is 6.23. The summed E-state index contributed by atoms with van der Waals surface area (Å²) in [5.74, 6) is 0. The summed E-state index contributed by atoms with van der Waals surface area (Å²) < 4.78 is 8.70. The molecule has 96 valence electrons. The molecule has 0 saturated heterocycles. The molecule has 0 bridgehead atoms. The maximum atomic E-state index is 8.70. The van der Waals surface area contributed by atoms with Gasteiger partial charge in [-0.1, -0.05) is 32.1 Å². The van der Waals surface area contributed by atoms with Gasteiger partial charge >= 0.3 is 37.8 Å². The van der Waals surface area contributed by atoms with E-state index in [9.17, 15) is 0 Å². The van der Waals surface area contributed by atoms with Gasteiger partial charge in [0, 0.05) is 4.57 Å². The predicted octanol–water partition coefficient (Wildman–Crippen LogP) is 0.624. The minimum absolute atomic E-state index is 0. The van der Waals surface area contributed by atoms with Crippen molar-refractivity contribution < 1.29 is 45.3 Å². The summed E-state index contributed by atoms with van der Waals surface area (Å²) in [5.41, 5.74) is 0. The van der Waals surface area contributed by atoms with Gasteiger partial charge in [-0.25, -0.2) is 0 Å². The number of rotatable bonds is 0. The van der Waals surface area contributed by atoms with Crippen LogP contribution < -0.4 is 41.9 Å². The quantitative estimate of drug-likeness (QED) is 0.290. The first kappa shape index (κ1) is 36.0. The van der Waals surface area contributed by atoms with Crippen LogP contribution >= 0.6 is 8.25 Å². The Balaban J connectivity index is -0.0000000156. The Morgan fingerprint density at radius 3 is 0.938 bits per heavy atom. The first-order valence-electron chi connectivity index (χ1n) is 4.08. The molecule has 0 spiro atoms. The minimum atomic E-state index is -2.87. The SMILES string of the molecule is C1CCCC1.C=C.C=C.N.N.O=[P+](O)O.[H-].[Na+]. The van der Waals surface area contributed by atoms with Crippen LogP contribution in [0.15, 0.2) is 26.3 Å². The molecule has 1 aliphatic carbocycles. The molecule has 5 nitrogen and oxygen atoms in total. The summed E-state index contributed by atoms with van der Waals surface area (Å²) in [5, 5.41) is 0. The van der Waals surface area contributed by atoms with Crippen molar-refractivity contribution in [1.82, 2.24) is 12.3 Å². The summed E-state index contributed by atoms with van der Waals surface area (Å²) in [6.45, 7) is 12.0. The van der Waals surface area contributed by atoms with Crippen LogP contribution in [0.4, 0.5) is 0 Å². The third-order valence-corrected chi connectivity index (χ3v) is 1.25. The molecule has 0 unspecified atom stereocenters. The van der Waals surface area contributed by atoms with E-state index < -0.39 is 8.25 Å². The van der Waals surface area contributed by atoms with Gasteiger partial charge in [-0.3, -0.25) is 0 Å². The minimum Gasteiger partial charge on any atom is -1.00 e. The second-order valence-corrected chi connectivity index (χ2v) is 2.53. The zero-order valence-corrected chi connectivity index (χ0v) is 13.4. The normalized spacial score (nSPS) is 9.62. The maximum absolute atomic E-state index is 8.70. The van der Waals surface area contributed by atoms with Crippen molar-refractivity contribution in [3.63, 3.8) is 0 Å². The Kier molecular flexibility index (Phi) is 102. The summed E-state index contributed by atoms with van der Waals surface area (Å²) >= 11 is 0. The van der Waals surface area contributed by atoms with E-state index in [1.54, 1.807) is 0 Å². The predicted molar refractivity (Wildman–Crippen MR) is 68.8 cm³/mol. The molecule has 0 aromatic heterocycles. The summed E-state index contributed by atoms with van der Waals surface area (Å²) in [4.78, 5) is 14.2. The van der Waals surface area contributed by atoms with Crippen molar-refractivity contribution in [3.8, 4) is 0 Å². The van der Waals surface area contributed by atoms with Gasteiger partial charge in [0.05, 0.1) is 0 Å². The van der Waals surface area contributed by atoms with Gasteiger partial charge in [-0.05, 0) is 0 Å². The summed E-state index contributed by atoms with van der Waals surface area (Å²) in [7, 11) is -2.87. The molecule has 0 heterocycles. The monoisotopic (exact) mass is 265 g/mol. The van der Waals surface area contributed by atoms with Crippen molar-refractivity contribution in [2.75, 3.05) is 0 Å². The molecule has 0 aromatic rings. The van der Waals surface area contributed by atoms with Crippen molar-refractivity contribution >= 4 is 8.25 Å². The van der Waals surface area contributed by atoms with E-state index in [2.05, 4.69) is 26.3 Å². The smallest absolute Gasteiger partial charge is 1.00 e. The van der Waals surface area contributed by atoms with Crippen LogP contribution in [-0.2, 0) is 4.57 Å². The van der Waals surface area contributed by atoms with Crippen molar-refractivity contribution in [1.29, 1.82) is 0 Å². The second kappa shape index (κ2) is 45.2. The Bertz CT molecular complexity index is 109. The summed E-state index contributed by atoms with van der Waals surface area (Å²) in [6, 6.07) is 0. The average Bonchev–Trinajstić information content (AvgIpc) is 2.67. The second-order valence-electron chi connectivity index (χ2n) is 2.02. The number of hydrogen-bond donors (Lipinski definition) is 4. The van der Waals surface area contributed by atoms with E-state index in [1.165, 1.54) is 32.1 Å². The van der Waals surface area contributed by atoms with Crippen LogP contribution in [0.5, 0.6) is 0 Å². The standard InChI is InChI=1S/C5H10.2C2H4.2H3N.Na.HO3P.H/c1-2-4-5-3-1;2*1-2;;;;1-4(2)3;/h1-5H2;2*1-2H2;2*1H3;;(H-,1,2,3);/q;;;;;+1;;-1/p+1. The van der Waals surface area contributed by atoms with Crippen molar-refractivity contribution in [2.24, 2.45) is 0 Å². The fourth-order valence-corrected chi connectivity index (χ4v) is 0.884. The average molecular weight is 265 g/mol. The zero-order chi connectivity index (χ0) is 11.1. The van der Waals surface area contributed by atoms with E-state index in [0.29, 0.717) is 0 Å². The fourth-order valence-electron chi connectivity index (χ4n) is 0.884. The molecule has 0 radical (unpaired) electrons. The molecule has 16 heavy (non-hydrogen) atoms. The first-order valence-corrected chi connectivity index (χ1v) is 5.25. The molecule has 8 N–H and O–H groups in total. The van der Waals surface area contributed by atoms with Crippen LogP contribution in [0.1, 0.15) is 33.5 Å². The van der Waals surface area contributed by atoms with Crippen molar-refractivity contribution in [2.45, 2.75) is 32.1 Å². The van der Waals surface area contributed by atoms with E-state index in [0.717, 1.165) is 0 Å². The van der Waals surface area contributed by atoms with Gasteiger partial charge in [0.25, 0.3) is 0 Å². The molecule has 0 aliphatic heterocycles. The van der Waals surface area contributed by atoms with Gasteiger partial charge in [-0.15, -0.1) is 36.1 Å². The van der Waals surface area contributed by atoms with Gasteiger partial charge in [0.2, 0.25) is 0 Å². The molecule has 1 saturated carbocycles. The maximum Gasteiger partial charge on any atom is 1.00 e. The van der Waals surface area contributed by atoms with E-state index in [-0.39, 0.29) is 43.3 Å². The molecule has 1 fully saturated rings. The third-order valence-electron chi connectivity index (χ3n) is 1.25. The van der Waals surface area contributed by atoms with Crippen LogP contribution in [-0.4, -0.2) is 9.79 Å². The van der Waals surface area contributed by atoms with Gasteiger partial charge in [0.15, 0.2) is 0 Å². The topological polar surface area (TPSA) is 128 Å². The van der Waals surface area contributed by atoms with Gasteiger partial charge in [0.1, 0.15) is 0 Å². The molecule has 0 amide bonds. The molecule has 1 aliphatic rings. The Morgan fingerprint density at radius 1 is 0.812 bits per heavy atom. The fraction of sp³-hybridized carbons (Fsp3) is 0.556. The Morgan fingerprint density at radius 2 is 0.875 bits per heavy atom. The zero-order valence-electron chi connectivity index (χ0n) is 11.5. The van der Waals surface area contributed by atoms with Crippen LogP contribution in [0, 0.1) is 0 Å². The molecular weight excluding hydrogens is 238 g/mol. The Hall–Kier alpha value is 0.420. The molecular formula is C9H27N2NaO3P+. The summed E-state index contributed by atoms with van der Waals surface area (Å²) in [6.07, 6.45) is 7.50. The van der Waals surface area contributed by atoms with Crippen LogP contribution in [0.25, 0.3) is 0 Å². The van der Waals surface area contributed by atoms with E-state index in [4.69, 9.17) is 14.4 Å². The van der Waals surface area contributed by atoms with Crippen molar-refractivity contribution in [3.05, 3.63) is 26.3 Å². The Labute approximate surface area is 124 Å². The molecule has 1 rings (SSSR count). The number of hydrogen-bond acceptors (Lipinski definition) is 3. The largest absolute Gasteiger partial charge is 1.00 e. The van der Waals surface area contributed by atoms with Crippen LogP contribution in [0.2, 0.25) is 0 Å². The van der Waals surface area contributed by atoms with E-state index in [1.807, 2.05) is 0 Å². The van der Waals surface area contributed by atoms with Crippen LogP contribution in [0.3, 0.4) is 0 Å². The molecule has 0 atom stereocenters. The molecule has 7 heteroatoms.